The van der Waals surface area contributed by atoms with Crippen molar-refractivity contribution in [1.82, 2.24) is 20.4 Å². The van der Waals surface area contributed by atoms with E-state index in [-0.39, 0.29) is 23.3 Å². The molecule has 166 valence electrons. The molecule has 32 heavy (non-hydrogen) atoms. The Hall–Kier alpha value is -3.38. The number of hydrogen-bond donors (Lipinski definition) is 0. The zero-order chi connectivity index (χ0) is 22.9. The third-order valence-corrected chi connectivity index (χ3v) is 7.61. The second-order valence-electron chi connectivity index (χ2n) is 6.65. The van der Waals surface area contributed by atoms with Gasteiger partial charge in [-0.15, -0.1) is 10.2 Å². The SMILES string of the molecule is CCS(=O)(=O)c1nnc(-c2cccc(-c3ccccc3)c2-c2nnc(S(=O)(=O)CC)o2)o1. The maximum absolute atomic E-state index is 12.2. The fourth-order valence-electron chi connectivity index (χ4n) is 2.95. The number of hydrogen-bond acceptors (Lipinski definition) is 10. The largest absolute Gasteiger partial charge is 0.408 e. The molecule has 0 amide bonds. The molecule has 2 aromatic carbocycles. The topological polar surface area (TPSA) is 146 Å². The van der Waals surface area contributed by atoms with E-state index in [0.29, 0.717) is 16.7 Å². The Bertz CT molecular complexity index is 1480. The Morgan fingerprint density at radius 3 is 1.78 bits per heavy atom. The van der Waals surface area contributed by atoms with Crippen LogP contribution < -0.4 is 0 Å². The third kappa shape index (κ3) is 3.94. The lowest BCUT2D eigenvalue weighted by molar-refractivity contribution is 0.437. The van der Waals surface area contributed by atoms with Crippen molar-refractivity contribution in [3.8, 4) is 34.0 Å². The molecule has 0 N–H and O–H groups in total. The van der Waals surface area contributed by atoms with Crippen LogP contribution in [0.3, 0.4) is 0 Å². The van der Waals surface area contributed by atoms with Gasteiger partial charge in [0.05, 0.1) is 22.6 Å². The van der Waals surface area contributed by atoms with Gasteiger partial charge in [0.1, 0.15) is 0 Å². The van der Waals surface area contributed by atoms with Crippen LogP contribution in [0.2, 0.25) is 0 Å². The molecule has 0 spiro atoms. The quantitative estimate of drug-likeness (QED) is 0.391. The van der Waals surface area contributed by atoms with Crippen LogP contribution in [0.15, 0.2) is 67.8 Å². The summed E-state index contributed by atoms with van der Waals surface area (Å²) in [5, 5.41) is 14.2. The molecule has 0 bridgehead atoms. The number of sulfone groups is 2. The smallest absolute Gasteiger partial charge is 0.335 e. The number of rotatable bonds is 7. The minimum atomic E-state index is -3.73. The van der Waals surface area contributed by atoms with Gasteiger partial charge in [0, 0.05) is 0 Å². The maximum Gasteiger partial charge on any atom is 0.335 e. The summed E-state index contributed by atoms with van der Waals surface area (Å²) in [6.07, 6.45) is 0. The van der Waals surface area contributed by atoms with Crippen LogP contribution in [-0.2, 0) is 19.7 Å². The molecule has 0 atom stereocenters. The van der Waals surface area contributed by atoms with Gasteiger partial charge in [0.15, 0.2) is 0 Å². The van der Waals surface area contributed by atoms with Gasteiger partial charge in [-0.1, -0.05) is 66.5 Å². The predicted octanol–water partition coefficient (Wildman–Crippen LogP) is 3.04. The molecule has 0 radical (unpaired) electrons. The van der Waals surface area contributed by atoms with Crippen molar-refractivity contribution < 1.29 is 25.7 Å². The lowest BCUT2D eigenvalue weighted by Gasteiger charge is -2.10. The van der Waals surface area contributed by atoms with Crippen molar-refractivity contribution in [2.75, 3.05) is 11.5 Å². The molecule has 4 rings (SSSR count). The minimum Gasteiger partial charge on any atom is -0.408 e. The van der Waals surface area contributed by atoms with Crippen molar-refractivity contribution in [3.05, 3.63) is 48.5 Å². The van der Waals surface area contributed by atoms with Crippen LogP contribution in [0.1, 0.15) is 13.8 Å². The zero-order valence-electron chi connectivity index (χ0n) is 17.1. The fraction of sp³-hybridized carbons (Fsp3) is 0.200. The van der Waals surface area contributed by atoms with E-state index in [4.69, 9.17) is 8.83 Å². The molecule has 10 nitrogen and oxygen atoms in total. The van der Waals surface area contributed by atoms with Crippen LogP contribution in [-0.4, -0.2) is 48.7 Å². The van der Waals surface area contributed by atoms with E-state index in [2.05, 4.69) is 20.4 Å². The van der Waals surface area contributed by atoms with Gasteiger partial charge in [-0.3, -0.25) is 0 Å². The Kier molecular flexibility index (Phi) is 5.65. The molecule has 2 aromatic heterocycles. The Morgan fingerprint density at radius 1 is 0.656 bits per heavy atom. The van der Waals surface area contributed by atoms with Crippen LogP contribution in [0.5, 0.6) is 0 Å². The van der Waals surface area contributed by atoms with Crippen LogP contribution >= 0.6 is 0 Å². The fourth-order valence-corrected chi connectivity index (χ4v) is 4.18. The molecule has 0 aliphatic carbocycles. The summed E-state index contributed by atoms with van der Waals surface area (Å²) in [4.78, 5) is 0. The Balaban J connectivity index is 1.97. The van der Waals surface area contributed by atoms with E-state index >= 15 is 0 Å². The van der Waals surface area contributed by atoms with Crippen molar-refractivity contribution in [2.45, 2.75) is 24.3 Å². The summed E-state index contributed by atoms with van der Waals surface area (Å²) >= 11 is 0. The molecule has 0 aliphatic heterocycles. The van der Waals surface area contributed by atoms with Gasteiger partial charge in [-0.05, 0) is 17.2 Å². The highest BCUT2D eigenvalue weighted by atomic mass is 32.2. The predicted molar refractivity (Wildman–Crippen MR) is 114 cm³/mol. The molecule has 4 aromatic rings. The highest BCUT2D eigenvalue weighted by Gasteiger charge is 2.27. The van der Waals surface area contributed by atoms with Gasteiger partial charge in [-0.25, -0.2) is 16.8 Å². The van der Waals surface area contributed by atoms with Crippen LogP contribution in [0, 0.1) is 0 Å². The number of nitrogens with zero attached hydrogens (tertiary/aromatic N) is 4. The summed E-state index contributed by atoms with van der Waals surface area (Å²) in [6, 6.07) is 14.4. The van der Waals surface area contributed by atoms with Crippen LogP contribution in [0.4, 0.5) is 0 Å². The van der Waals surface area contributed by atoms with E-state index in [1.165, 1.54) is 13.8 Å². The van der Waals surface area contributed by atoms with E-state index in [9.17, 15) is 16.8 Å². The normalized spacial score (nSPS) is 12.2. The molecule has 0 fully saturated rings. The average Bonchev–Trinajstić information content (AvgIpc) is 3.50. The standard InChI is InChI=1S/C20H18N4O6S2/c1-3-31(25,26)19-23-21-17(29-19)15-12-8-11-14(13-9-6-5-7-10-13)16(15)18-22-24-20(30-18)32(27,28)4-2/h5-12H,3-4H2,1-2H3. The Labute approximate surface area is 184 Å². The molecular weight excluding hydrogens is 456 g/mol. The summed E-state index contributed by atoms with van der Waals surface area (Å²) in [5.74, 6) is -0.565. The zero-order valence-corrected chi connectivity index (χ0v) is 18.7. The first-order chi connectivity index (χ1) is 15.3. The van der Waals surface area contributed by atoms with E-state index in [0.717, 1.165) is 5.56 Å². The first-order valence-electron chi connectivity index (χ1n) is 9.58. The van der Waals surface area contributed by atoms with Gasteiger partial charge in [0.2, 0.25) is 31.5 Å². The van der Waals surface area contributed by atoms with Crippen LogP contribution in [0.25, 0.3) is 34.0 Å². The lowest BCUT2D eigenvalue weighted by Crippen LogP contribution is -2.03. The first kappa shape index (κ1) is 21.8. The second kappa shape index (κ2) is 8.28. The van der Waals surface area contributed by atoms with Crippen molar-refractivity contribution in [2.24, 2.45) is 0 Å². The van der Waals surface area contributed by atoms with Crippen molar-refractivity contribution >= 4 is 19.7 Å². The van der Waals surface area contributed by atoms with Gasteiger partial charge >= 0.3 is 10.4 Å². The summed E-state index contributed by atoms with van der Waals surface area (Å²) in [7, 11) is -7.44. The molecule has 2 heterocycles. The molecular formula is C20H18N4O6S2. The van der Waals surface area contributed by atoms with Gasteiger partial charge in [-0.2, -0.15) is 0 Å². The summed E-state index contributed by atoms with van der Waals surface area (Å²) < 4.78 is 59.6. The summed E-state index contributed by atoms with van der Waals surface area (Å²) in [6.45, 7) is 2.94. The maximum atomic E-state index is 12.2. The van der Waals surface area contributed by atoms with Crippen molar-refractivity contribution in [3.63, 3.8) is 0 Å². The average molecular weight is 475 g/mol. The minimum absolute atomic E-state index is 0.0791. The van der Waals surface area contributed by atoms with Gasteiger partial charge in [0.25, 0.3) is 0 Å². The molecule has 0 saturated heterocycles. The Morgan fingerprint density at radius 2 is 1.19 bits per heavy atom. The molecule has 12 heteroatoms. The molecule has 0 aliphatic rings. The highest BCUT2D eigenvalue weighted by molar-refractivity contribution is 7.91. The first-order valence-corrected chi connectivity index (χ1v) is 12.9. The number of benzene rings is 2. The molecule has 0 saturated carbocycles. The van der Waals surface area contributed by atoms with E-state index < -0.39 is 30.1 Å². The monoisotopic (exact) mass is 474 g/mol. The van der Waals surface area contributed by atoms with E-state index in [1.54, 1.807) is 18.2 Å². The van der Waals surface area contributed by atoms with Crippen molar-refractivity contribution in [1.29, 1.82) is 0 Å². The second-order valence-corrected chi connectivity index (χ2v) is 11.0. The van der Waals surface area contributed by atoms with E-state index in [1.807, 2.05) is 30.3 Å². The molecule has 0 unspecified atom stereocenters. The summed E-state index contributed by atoms with van der Waals surface area (Å²) in [5.41, 5.74) is 2.07. The third-order valence-electron chi connectivity index (χ3n) is 4.70. The highest BCUT2D eigenvalue weighted by Crippen LogP contribution is 2.39. The lowest BCUT2D eigenvalue weighted by atomic mass is 9.95. The van der Waals surface area contributed by atoms with Gasteiger partial charge < -0.3 is 8.83 Å². The number of aromatic nitrogens is 4.